The van der Waals surface area contributed by atoms with Gasteiger partial charge in [-0.3, -0.25) is 13.9 Å². The molecule has 0 saturated heterocycles. The second-order valence-electron chi connectivity index (χ2n) is 8.99. The van der Waals surface area contributed by atoms with Crippen molar-refractivity contribution >= 4 is 39.1 Å². The van der Waals surface area contributed by atoms with Gasteiger partial charge in [0, 0.05) is 18.1 Å². The lowest BCUT2D eigenvalue weighted by Crippen LogP contribution is -2.52. The van der Waals surface area contributed by atoms with Crippen LogP contribution in [0.2, 0.25) is 5.02 Å². The number of benzene rings is 3. The Morgan fingerprint density at radius 2 is 1.67 bits per heavy atom. The van der Waals surface area contributed by atoms with Crippen LogP contribution in [0, 0.1) is 6.92 Å². The first-order valence-corrected chi connectivity index (χ1v) is 14.5. The number of rotatable bonds is 12. The van der Waals surface area contributed by atoms with Gasteiger partial charge in [-0.05, 0) is 74.4 Å². The van der Waals surface area contributed by atoms with Gasteiger partial charge in [0.1, 0.15) is 18.3 Å². The zero-order valence-corrected chi connectivity index (χ0v) is 24.1. The van der Waals surface area contributed by atoms with Gasteiger partial charge < -0.3 is 15.0 Å². The molecule has 1 N–H and O–H groups in total. The van der Waals surface area contributed by atoms with Crippen LogP contribution >= 0.6 is 11.6 Å². The van der Waals surface area contributed by atoms with E-state index in [4.69, 9.17) is 16.3 Å². The first-order chi connectivity index (χ1) is 18.6. The maximum atomic E-state index is 14.0. The highest BCUT2D eigenvalue weighted by molar-refractivity contribution is 7.92. The fourth-order valence-electron chi connectivity index (χ4n) is 4.15. The Kier molecular flexibility index (Phi) is 10.4. The minimum absolute atomic E-state index is 0.0472. The van der Waals surface area contributed by atoms with Crippen LogP contribution in [-0.4, -0.2) is 51.4 Å². The maximum Gasteiger partial charge on any atom is 0.264 e. The van der Waals surface area contributed by atoms with Crippen LogP contribution < -0.4 is 14.4 Å². The number of amides is 2. The van der Waals surface area contributed by atoms with E-state index in [9.17, 15) is 18.0 Å². The summed E-state index contributed by atoms with van der Waals surface area (Å²) in [5.41, 5.74) is 1.92. The van der Waals surface area contributed by atoms with Gasteiger partial charge in [-0.1, -0.05) is 48.4 Å². The Balaban J connectivity index is 2.06. The minimum atomic E-state index is -4.14. The number of anilines is 1. The average Bonchev–Trinajstić information content (AvgIpc) is 2.92. The first kappa shape index (κ1) is 30.0. The Morgan fingerprint density at radius 1 is 1.00 bits per heavy atom. The van der Waals surface area contributed by atoms with Crippen LogP contribution in [0.1, 0.15) is 31.4 Å². The molecule has 208 valence electrons. The number of aryl methyl sites for hydroxylation is 1. The van der Waals surface area contributed by atoms with Crippen molar-refractivity contribution in [2.24, 2.45) is 0 Å². The Labute approximate surface area is 235 Å². The van der Waals surface area contributed by atoms with Crippen molar-refractivity contribution in [3.8, 4) is 5.75 Å². The molecule has 8 nitrogen and oxygen atoms in total. The molecule has 2 amide bonds. The van der Waals surface area contributed by atoms with E-state index in [1.54, 1.807) is 68.6 Å². The van der Waals surface area contributed by atoms with E-state index in [-0.39, 0.29) is 23.0 Å². The molecule has 3 aromatic rings. The van der Waals surface area contributed by atoms with Crippen molar-refractivity contribution in [2.45, 2.75) is 44.7 Å². The lowest BCUT2D eigenvalue weighted by Gasteiger charge is -2.33. The quantitative estimate of drug-likeness (QED) is 0.337. The predicted molar refractivity (Wildman–Crippen MR) is 153 cm³/mol. The molecule has 0 saturated carbocycles. The summed E-state index contributed by atoms with van der Waals surface area (Å²) in [6, 6.07) is 19.0. The molecule has 0 aliphatic heterocycles. The monoisotopic (exact) mass is 571 g/mol. The van der Waals surface area contributed by atoms with Gasteiger partial charge in [0.15, 0.2) is 0 Å². The van der Waals surface area contributed by atoms with Crippen LogP contribution in [0.4, 0.5) is 5.69 Å². The lowest BCUT2D eigenvalue weighted by molar-refractivity contribution is -0.140. The van der Waals surface area contributed by atoms with Gasteiger partial charge >= 0.3 is 0 Å². The molecule has 0 spiro atoms. The first-order valence-electron chi connectivity index (χ1n) is 12.7. The van der Waals surface area contributed by atoms with E-state index >= 15 is 0 Å². The Hall–Kier alpha value is -3.56. The van der Waals surface area contributed by atoms with E-state index in [0.29, 0.717) is 23.7 Å². The second-order valence-corrected chi connectivity index (χ2v) is 11.3. The van der Waals surface area contributed by atoms with Crippen LogP contribution in [0.25, 0.3) is 0 Å². The van der Waals surface area contributed by atoms with Crippen molar-refractivity contribution in [1.29, 1.82) is 0 Å². The topological polar surface area (TPSA) is 96.0 Å². The highest BCUT2D eigenvalue weighted by atomic mass is 35.5. The van der Waals surface area contributed by atoms with Crippen molar-refractivity contribution in [1.82, 2.24) is 10.2 Å². The van der Waals surface area contributed by atoms with Crippen molar-refractivity contribution in [3.05, 3.63) is 88.9 Å². The maximum absolute atomic E-state index is 14.0. The number of nitrogens with one attached hydrogen (secondary N) is 1. The number of methoxy groups -OCH3 is 1. The zero-order valence-electron chi connectivity index (χ0n) is 22.6. The fourth-order valence-corrected chi connectivity index (χ4v) is 5.69. The molecule has 0 bridgehead atoms. The summed E-state index contributed by atoms with van der Waals surface area (Å²) >= 11 is 6.06. The van der Waals surface area contributed by atoms with E-state index < -0.39 is 28.5 Å². The van der Waals surface area contributed by atoms with Gasteiger partial charge in [0.25, 0.3) is 10.0 Å². The number of hydrogen-bond donors (Lipinski definition) is 1. The second kappa shape index (κ2) is 13.5. The van der Waals surface area contributed by atoms with Crippen molar-refractivity contribution in [3.63, 3.8) is 0 Å². The molecule has 0 radical (unpaired) electrons. The number of carbonyl (C=O) groups excluding carboxylic acids is 2. The van der Waals surface area contributed by atoms with Crippen LogP contribution in [0.5, 0.6) is 5.75 Å². The summed E-state index contributed by atoms with van der Waals surface area (Å²) in [5.74, 6) is -0.229. The largest absolute Gasteiger partial charge is 0.497 e. The van der Waals surface area contributed by atoms with Crippen molar-refractivity contribution < 1.29 is 22.7 Å². The standard InChI is InChI=1S/C29H34ClN3O5S/c1-5-27(29(35)31-6-2)32(19-22-8-7-9-25(18-22)38-4)28(34)20-33(24-14-12-23(30)13-15-24)39(36,37)26-16-10-21(3)11-17-26/h7-18,27H,5-6,19-20H2,1-4H3,(H,31,35). The molecule has 1 atom stereocenters. The SMILES string of the molecule is CCNC(=O)C(CC)N(Cc1cccc(OC)c1)C(=O)CN(c1ccc(Cl)cc1)S(=O)(=O)c1ccc(C)cc1. The number of carbonyl (C=O) groups is 2. The fraction of sp³-hybridized carbons (Fsp3) is 0.310. The molecule has 0 aromatic heterocycles. The molecule has 3 rings (SSSR count). The van der Waals surface area contributed by atoms with E-state index in [1.807, 2.05) is 19.9 Å². The van der Waals surface area contributed by atoms with Crippen LogP contribution in [0.15, 0.2) is 77.7 Å². The highest BCUT2D eigenvalue weighted by Crippen LogP contribution is 2.26. The van der Waals surface area contributed by atoms with Crippen LogP contribution in [-0.2, 0) is 26.2 Å². The highest BCUT2D eigenvalue weighted by Gasteiger charge is 2.33. The third-order valence-electron chi connectivity index (χ3n) is 6.23. The van der Waals surface area contributed by atoms with E-state index in [2.05, 4.69) is 5.32 Å². The summed E-state index contributed by atoms with van der Waals surface area (Å²) in [7, 11) is -2.59. The molecule has 0 heterocycles. The molecular formula is C29H34ClN3O5S. The lowest BCUT2D eigenvalue weighted by atomic mass is 10.1. The Bertz CT molecular complexity index is 1380. The minimum Gasteiger partial charge on any atom is -0.497 e. The molecule has 10 heteroatoms. The number of halogens is 1. The smallest absolute Gasteiger partial charge is 0.264 e. The summed E-state index contributed by atoms with van der Waals surface area (Å²) in [4.78, 5) is 28.4. The zero-order chi connectivity index (χ0) is 28.6. The third kappa shape index (κ3) is 7.52. The summed E-state index contributed by atoms with van der Waals surface area (Å²) in [6.45, 7) is 5.44. The van der Waals surface area contributed by atoms with Gasteiger partial charge in [0.2, 0.25) is 11.8 Å². The number of hydrogen-bond acceptors (Lipinski definition) is 5. The van der Waals surface area contributed by atoms with Crippen LogP contribution in [0.3, 0.4) is 0 Å². The average molecular weight is 572 g/mol. The van der Waals surface area contributed by atoms with E-state index in [0.717, 1.165) is 15.4 Å². The molecule has 3 aromatic carbocycles. The van der Waals surface area contributed by atoms with Gasteiger partial charge in [-0.15, -0.1) is 0 Å². The number of likely N-dealkylation sites (N-methyl/N-ethyl adjacent to an activating group) is 1. The van der Waals surface area contributed by atoms with Gasteiger partial charge in [-0.25, -0.2) is 8.42 Å². The summed E-state index contributed by atoms with van der Waals surface area (Å²) in [5, 5.41) is 3.22. The summed E-state index contributed by atoms with van der Waals surface area (Å²) in [6.07, 6.45) is 0.340. The number of nitrogens with zero attached hydrogens (tertiary/aromatic N) is 2. The number of ether oxygens (including phenoxy) is 1. The summed E-state index contributed by atoms with van der Waals surface area (Å²) < 4.78 is 34.0. The molecule has 0 aliphatic rings. The normalized spacial score (nSPS) is 11.9. The third-order valence-corrected chi connectivity index (χ3v) is 8.27. The van der Waals surface area contributed by atoms with E-state index in [1.165, 1.54) is 17.0 Å². The van der Waals surface area contributed by atoms with Gasteiger partial charge in [0.05, 0.1) is 17.7 Å². The predicted octanol–water partition coefficient (Wildman–Crippen LogP) is 4.80. The Morgan fingerprint density at radius 3 is 2.26 bits per heavy atom. The molecule has 1 unspecified atom stereocenters. The number of sulfonamides is 1. The molecule has 0 fully saturated rings. The molecule has 39 heavy (non-hydrogen) atoms. The van der Waals surface area contributed by atoms with Crippen molar-refractivity contribution in [2.75, 3.05) is 24.5 Å². The van der Waals surface area contributed by atoms with Gasteiger partial charge in [-0.2, -0.15) is 0 Å². The molecular weight excluding hydrogens is 538 g/mol. The molecule has 0 aliphatic carbocycles.